The van der Waals surface area contributed by atoms with Crippen LogP contribution in [0.2, 0.25) is 0 Å². The van der Waals surface area contributed by atoms with Gasteiger partial charge in [0.15, 0.2) is 0 Å². The van der Waals surface area contributed by atoms with Crippen molar-refractivity contribution in [3.63, 3.8) is 0 Å². The lowest BCUT2D eigenvalue weighted by Gasteiger charge is -2.10. The average molecular weight is 313 g/mol. The number of nitrogens with one attached hydrogen (secondary N) is 1. The molecule has 112 valence electrons. The summed E-state index contributed by atoms with van der Waals surface area (Å²) in [6.45, 7) is 2.32. The molecule has 4 nitrogen and oxygen atoms in total. The second kappa shape index (κ2) is 6.09. The van der Waals surface area contributed by atoms with Gasteiger partial charge >= 0.3 is 0 Å². The van der Waals surface area contributed by atoms with Crippen molar-refractivity contribution in [2.75, 3.05) is 11.3 Å². The van der Waals surface area contributed by atoms with Crippen molar-refractivity contribution in [2.24, 2.45) is 0 Å². The summed E-state index contributed by atoms with van der Waals surface area (Å²) in [5.74, 6) is -1.39. The predicted molar refractivity (Wildman–Crippen MR) is 74.8 cm³/mol. The van der Waals surface area contributed by atoms with Crippen molar-refractivity contribution in [2.45, 2.75) is 11.8 Å². The molecule has 0 spiro atoms. The van der Waals surface area contributed by atoms with Gasteiger partial charge in [0.2, 0.25) is 0 Å². The SMILES string of the molecule is CCOc1ccc(NS(=O)(=O)c2ccc(F)cc2F)cc1. The lowest BCUT2D eigenvalue weighted by atomic mass is 10.3. The van der Waals surface area contributed by atoms with Gasteiger partial charge in [-0.15, -0.1) is 0 Å². The molecule has 2 aromatic carbocycles. The van der Waals surface area contributed by atoms with E-state index in [2.05, 4.69) is 4.72 Å². The van der Waals surface area contributed by atoms with Crippen LogP contribution in [0.1, 0.15) is 6.92 Å². The first-order chi connectivity index (χ1) is 9.92. The van der Waals surface area contributed by atoms with E-state index in [9.17, 15) is 17.2 Å². The van der Waals surface area contributed by atoms with Gasteiger partial charge in [0.25, 0.3) is 10.0 Å². The number of halogens is 2. The van der Waals surface area contributed by atoms with Crippen LogP contribution < -0.4 is 9.46 Å². The maximum Gasteiger partial charge on any atom is 0.264 e. The number of ether oxygens (including phenoxy) is 1. The van der Waals surface area contributed by atoms with Crippen LogP contribution in [-0.2, 0) is 10.0 Å². The summed E-state index contributed by atoms with van der Waals surface area (Å²) >= 11 is 0. The third kappa shape index (κ3) is 3.69. The second-order valence-corrected chi connectivity index (χ2v) is 5.79. The highest BCUT2D eigenvalue weighted by atomic mass is 32.2. The number of hydrogen-bond donors (Lipinski definition) is 1. The van der Waals surface area contributed by atoms with E-state index in [4.69, 9.17) is 4.74 Å². The molecule has 2 aromatic rings. The minimum absolute atomic E-state index is 0.252. The molecule has 0 radical (unpaired) electrons. The van der Waals surface area contributed by atoms with Crippen molar-refractivity contribution in [3.05, 3.63) is 54.1 Å². The van der Waals surface area contributed by atoms with Crippen LogP contribution in [0.5, 0.6) is 5.75 Å². The molecule has 21 heavy (non-hydrogen) atoms. The molecule has 0 saturated heterocycles. The topological polar surface area (TPSA) is 55.4 Å². The molecule has 0 heterocycles. The first-order valence-electron chi connectivity index (χ1n) is 6.13. The van der Waals surface area contributed by atoms with Crippen molar-refractivity contribution in [1.29, 1.82) is 0 Å². The Morgan fingerprint density at radius 3 is 2.33 bits per heavy atom. The molecule has 0 aliphatic carbocycles. The average Bonchev–Trinajstić information content (AvgIpc) is 2.40. The van der Waals surface area contributed by atoms with Gasteiger partial charge in [0, 0.05) is 11.8 Å². The number of rotatable bonds is 5. The Labute approximate surface area is 121 Å². The first kappa shape index (κ1) is 15.2. The lowest BCUT2D eigenvalue weighted by molar-refractivity contribution is 0.340. The molecule has 0 bridgehead atoms. The first-order valence-corrected chi connectivity index (χ1v) is 7.61. The third-order valence-corrected chi connectivity index (χ3v) is 4.02. The van der Waals surface area contributed by atoms with Crippen molar-refractivity contribution in [3.8, 4) is 5.75 Å². The highest BCUT2D eigenvalue weighted by molar-refractivity contribution is 7.92. The van der Waals surface area contributed by atoms with E-state index >= 15 is 0 Å². The molecule has 0 aliphatic rings. The van der Waals surface area contributed by atoms with Gasteiger partial charge in [-0.25, -0.2) is 17.2 Å². The summed E-state index contributed by atoms with van der Waals surface area (Å²) in [6, 6.07) is 8.43. The van der Waals surface area contributed by atoms with Crippen LogP contribution in [0, 0.1) is 11.6 Å². The summed E-state index contributed by atoms with van der Waals surface area (Å²) in [6.07, 6.45) is 0. The number of sulfonamides is 1. The van der Waals surface area contributed by atoms with E-state index in [1.807, 2.05) is 6.92 Å². The summed E-state index contributed by atoms with van der Waals surface area (Å²) in [5.41, 5.74) is 0.252. The van der Waals surface area contributed by atoms with E-state index in [1.165, 1.54) is 12.1 Å². The maximum atomic E-state index is 13.5. The zero-order valence-electron chi connectivity index (χ0n) is 11.1. The number of anilines is 1. The second-order valence-electron chi connectivity index (χ2n) is 4.14. The van der Waals surface area contributed by atoms with Crippen molar-refractivity contribution < 1.29 is 21.9 Å². The predicted octanol–water partition coefficient (Wildman–Crippen LogP) is 3.16. The van der Waals surface area contributed by atoms with Gasteiger partial charge in [-0.05, 0) is 43.3 Å². The Bertz CT molecular complexity index is 730. The number of benzene rings is 2. The molecule has 0 atom stereocenters. The molecular weight excluding hydrogens is 300 g/mol. The Morgan fingerprint density at radius 1 is 1.10 bits per heavy atom. The van der Waals surface area contributed by atoms with Crippen LogP contribution in [0.3, 0.4) is 0 Å². The van der Waals surface area contributed by atoms with Gasteiger partial charge in [0.1, 0.15) is 22.3 Å². The summed E-state index contributed by atoms with van der Waals surface area (Å²) in [4.78, 5) is -0.613. The molecule has 0 amide bonds. The van der Waals surface area contributed by atoms with Crippen molar-refractivity contribution in [1.82, 2.24) is 0 Å². The number of hydrogen-bond acceptors (Lipinski definition) is 3. The highest BCUT2D eigenvalue weighted by Crippen LogP contribution is 2.21. The minimum atomic E-state index is -4.12. The van der Waals surface area contributed by atoms with Crippen LogP contribution in [0.25, 0.3) is 0 Å². The fourth-order valence-corrected chi connectivity index (χ4v) is 2.81. The molecule has 7 heteroatoms. The van der Waals surface area contributed by atoms with E-state index < -0.39 is 26.6 Å². The zero-order chi connectivity index (χ0) is 15.5. The van der Waals surface area contributed by atoms with Crippen LogP contribution in [0.4, 0.5) is 14.5 Å². The standard InChI is InChI=1S/C14H13F2NO3S/c1-2-20-12-6-4-11(5-7-12)17-21(18,19)14-8-3-10(15)9-13(14)16/h3-9,17H,2H2,1H3. The van der Waals surface area contributed by atoms with E-state index in [1.54, 1.807) is 12.1 Å². The third-order valence-electron chi connectivity index (χ3n) is 2.60. The fraction of sp³-hybridized carbons (Fsp3) is 0.143. The summed E-state index contributed by atoms with van der Waals surface area (Å²) < 4.78 is 57.9. The molecule has 0 saturated carbocycles. The molecule has 0 unspecified atom stereocenters. The molecule has 0 fully saturated rings. The molecule has 0 aromatic heterocycles. The van der Waals surface area contributed by atoms with E-state index in [-0.39, 0.29) is 5.69 Å². The van der Waals surface area contributed by atoms with E-state index in [0.29, 0.717) is 18.4 Å². The Hall–Kier alpha value is -2.15. The van der Waals surface area contributed by atoms with Gasteiger partial charge in [-0.1, -0.05) is 0 Å². The Balaban J connectivity index is 2.24. The summed E-state index contributed by atoms with van der Waals surface area (Å²) in [5, 5.41) is 0. The monoisotopic (exact) mass is 313 g/mol. The molecule has 0 aliphatic heterocycles. The van der Waals surface area contributed by atoms with Gasteiger partial charge < -0.3 is 4.74 Å². The van der Waals surface area contributed by atoms with Crippen LogP contribution in [-0.4, -0.2) is 15.0 Å². The smallest absolute Gasteiger partial charge is 0.264 e. The Kier molecular flexibility index (Phi) is 4.42. The van der Waals surface area contributed by atoms with Crippen LogP contribution in [0.15, 0.2) is 47.4 Å². The van der Waals surface area contributed by atoms with Crippen LogP contribution >= 0.6 is 0 Å². The maximum absolute atomic E-state index is 13.5. The van der Waals surface area contributed by atoms with Gasteiger partial charge in [-0.3, -0.25) is 4.72 Å². The highest BCUT2D eigenvalue weighted by Gasteiger charge is 2.19. The largest absolute Gasteiger partial charge is 0.494 e. The normalized spacial score (nSPS) is 11.2. The zero-order valence-corrected chi connectivity index (χ0v) is 12.0. The van der Waals surface area contributed by atoms with E-state index in [0.717, 1.165) is 12.1 Å². The fourth-order valence-electron chi connectivity index (χ4n) is 1.69. The van der Waals surface area contributed by atoms with Crippen molar-refractivity contribution >= 4 is 15.7 Å². The molecular formula is C14H13F2NO3S. The minimum Gasteiger partial charge on any atom is -0.494 e. The van der Waals surface area contributed by atoms with Gasteiger partial charge in [0.05, 0.1) is 6.61 Å². The lowest BCUT2D eigenvalue weighted by Crippen LogP contribution is -2.14. The molecule has 1 N–H and O–H groups in total. The Morgan fingerprint density at radius 2 is 1.76 bits per heavy atom. The molecule has 2 rings (SSSR count). The van der Waals surface area contributed by atoms with Gasteiger partial charge in [-0.2, -0.15) is 0 Å². The summed E-state index contributed by atoms with van der Waals surface area (Å²) in [7, 11) is -4.12. The quantitative estimate of drug-likeness (QED) is 0.922.